The highest BCUT2D eigenvalue weighted by Crippen LogP contribution is 2.33. The SMILES string of the molecule is O=S(=O)(c1cccc2cccc(Cl)c12)N1CCC(Cc2ccccc2)CC1. The van der Waals surface area contributed by atoms with E-state index in [0.717, 1.165) is 24.6 Å². The van der Waals surface area contributed by atoms with E-state index in [1.807, 2.05) is 24.3 Å². The summed E-state index contributed by atoms with van der Waals surface area (Å²) in [7, 11) is -3.56. The van der Waals surface area contributed by atoms with Crippen LogP contribution in [-0.4, -0.2) is 25.8 Å². The molecule has 0 bridgehead atoms. The maximum Gasteiger partial charge on any atom is 0.243 e. The highest BCUT2D eigenvalue weighted by atomic mass is 35.5. The molecule has 5 heteroatoms. The van der Waals surface area contributed by atoms with E-state index in [1.165, 1.54) is 5.56 Å². The van der Waals surface area contributed by atoms with Crippen molar-refractivity contribution in [2.75, 3.05) is 13.1 Å². The van der Waals surface area contributed by atoms with Gasteiger partial charge in [-0.2, -0.15) is 4.31 Å². The fourth-order valence-corrected chi connectivity index (χ4v) is 5.96. The second kappa shape index (κ2) is 7.63. The van der Waals surface area contributed by atoms with Gasteiger partial charge in [0.05, 0.1) is 4.90 Å². The number of sulfonamides is 1. The minimum absolute atomic E-state index is 0.312. The average Bonchev–Trinajstić information content (AvgIpc) is 2.69. The second-order valence-electron chi connectivity index (χ2n) is 7.13. The molecule has 0 spiro atoms. The summed E-state index contributed by atoms with van der Waals surface area (Å²) >= 11 is 6.34. The number of halogens is 1. The van der Waals surface area contributed by atoms with E-state index in [4.69, 9.17) is 11.6 Å². The first-order valence-corrected chi connectivity index (χ1v) is 11.1. The molecule has 0 unspecified atom stereocenters. The fourth-order valence-electron chi connectivity index (χ4n) is 3.92. The molecule has 3 aromatic rings. The first-order valence-electron chi connectivity index (χ1n) is 9.27. The Kier molecular flexibility index (Phi) is 5.22. The molecule has 0 aliphatic carbocycles. The van der Waals surface area contributed by atoms with Crippen LogP contribution in [0, 0.1) is 5.92 Å². The third-order valence-electron chi connectivity index (χ3n) is 5.37. The van der Waals surface area contributed by atoms with Crippen LogP contribution in [0.1, 0.15) is 18.4 Å². The Morgan fingerprint density at radius 3 is 2.26 bits per heavy atom. The van der Waals surface area contributed by atoms with Gasteiger partial charge in [0.2, 0.25) is 10.0 Å². The molecule has 4 rings (SSSR count). The lowest BCUT2D eigenvalue weighted by Gasteiger charge is -2.31. The molecule has 0 N–H and O–H groups in total. The van der Waals surface area contributed by atoms with E-state index in [0.29, 0.717) is 34.3 Å². The zero-order chi connectivity index (χ0) is 18.9. The minimum Gasteiger partial charge on any atom is -0.207 e. The quantitative estimate of drug-likeness (QED) is 0.609. The molecule has 0 atom stereocenters. The summed E-state index contributed by atoms with van der Waals surface area (Å²) in [6, 6.07) is 21.2. The summed E-state index contributed by atoms with van der Waals surface area (Å²) in [6.07, 6.45) is 2.77. The fraction of sp³-hybridized carbons (Fsp3) is 0.273. The van der Waals surface area contributed by atoms with Gasteiger partial charge in [-0.3, -0.25) is 0 Å². The van der Waals surface area contributed by atoms with Crippen molar-refractivity contribution in [2.24, 2.45) is 5.92 Å². The minimum atomic E-state index is -3.56. The molecule has 3 nitrogen and oxygen atoms in total. The van der Waals surface area contributed by atoms with Gasteiger partial charge in [0.25, 0.3) is 0 Å². The molecule has 3 aromatic carbocycles. The van der Waals surface area contributed by atoms with Gasteiger partial charge in [-0.05, 0) is 48.3 Å². The van der Waals surface area contributed by atoms with Crippen molar-refractivity contribution in [1.82, 2.24) is 4.31 Å². The van der Waals surface area contributed by atoms with Crippen molar-refractivity contribution in [3.63, 3.8) is 0 Å². The summed E-state index contributed by atoms with van der Waals surface area (Å²) in [6.45, 7) is 1.11. The van der Waals surface area contributed by atoms with Crippen molar-refractivity contribution in [2.45, 2.75) is 24.2 Å². The van der Waals surface area contributed by atoms with Crippen LogP contribution >= 0.6 is 11.6 Å². The Hall–Kier alpha value is -1.88. The average molecular weight is 400 g/mol. The first-order chi connectivity index (χ1) is 13.1. The zero-order valence-corrected chi connectivity index (χ0v) is 16.6. The Labute approximate surface area is 165 Å². The van der Waals surface area contributed by atoms with Crippen molar-refractivity contribution in [3.05, 3.63) is 77.3 Å². The van der Waals surface area contributed by atoms with E-state index in [9.17, 15) is 8.42 Å². The highest BCUT2D eigenvalue weighted by molar-refractivity contribution is 7.89. The van der Waals surface area contributed by atoms with Gasteiger partial charge in [-0.15, -0.1) is 0 Å². The Balaban J connectivity index is 1.55. The highest BCUT2D eigenvalue weighted by Gasteiger charge is 2.31. The molecule has 1 saturated heterocycles. The lowest BCUT2D eigenvalue weighted by atomic mass is 9.91. The third-order valence-corrected chi connectivity index (χ3v) is 7.63. The van der Waals surface area contributed by atoms with E-state index in [1.54, 1.807) is 22.5 Å². The van der Waals surface area contributed by atoms with E-state index < -0.39 is 10.0 Å². The number of hydrogen-bond acceptors (Lipinski definition) is 2. The van der Waals surface area contributed by atoms with Gasteiger partial charge in [0.15, 0.2) is 0 Å². The standard InChI is InChI=1S/C22H22ClNO2S/c23-20-10-4-8-19-9-5-11-21(22(19)20)27(25,26)24-14-12-18(13-15-24)16-17-6-2-1-3-7-17/h1-11,18H,12-16H2. The number of piperidine rings is 1. The summed E-state index contributed by atoms with van der Waals surface area (Å²) in [5, 5.41) is 1.95. The Bertz CT molecular complexity index is 1040. The maximum atomic E-state index is 13.3. The molecule has 0 radical (unpaired) electrons. The number of hydrogen-bond donors (Lipinski definition) is 0. The largest absolute Gasteiger partial charge is 0.243 e. The molecular formula is C22H22ClNO2S. The number of fused-ring (bicyclic) bond motifs is 1. The van der Waals surface area contributed by atoms with Crippen LogP contribution in [0.2, 0.25) is 5.02 Å². The predicted molar refractivity (Wildman–Crippen MR) is 111 cm³/mol. The van der Waals surface area contributed by atoms with Gasteiger partial charge in [-0.1, -0.05) is 66.2 Å². The topological polar surface area (TPSA) is 37.4 Å². The summed E-state index contributed by atoms with van der Waals surface area (Å²) in [5.74, 6) is 0.523. The Morgan fingerprint density at radius 2 is 1.56 bits per heavy atom. The van der Waals surface area contributed by atoms with Gasteiger partial charge >= 0.3 is 0 Å². The monoisotopic (exact) mass is 399 g/mol. The van der Waals surface area contributed by atoms with Crippen molar-refractivity contribution < 1.29 is 8.42 Å². The van der Waals surface area contributed by atoms with Crippen LogP contribution in [0.3, 0.4) is 0 Å². The van der Waals surface area contributed by atoms with Crippen molar-refractivity contribution >= 4 is 32.4 Å². The van der Waals surface area contributed by atoms with Crippen LogP contribution in [-0.2, 0) is 16.4 Å². The summed E-state index contributed by atoms with van der Waals surface area (Å²) in [4.78, 5) is 0.312. The lowest BCUT2D eigenvalue weighted by Crippen LogP contribution is -2.39. The van der Waals surface area contributed by atoms with Crippen LogP contribution < -0.4 is 0 Å². The summed E-state index contributed by atoms with van der Waals surface area (Å²) in [5.41, 5.74) is 1.32. The van der Waals surface area contributed by atoms with Gasteiger partial charge in [-0.25, -0.2) is 8.42 Å². The second-order valence-corrected chi connectivity index (χ2v) is 9.44. The first kappa shape index (κ1) is 18.5. The molecule has 1 aliphatic heterocycles. The number of rotatable bonds is 4. The van der Waals surface area contributed by atoms with Crippen molar-refractivity contribution in [1.29, 1.82) is 0 Å². The van der Waals surface area contributed by atoms with Gasteiger partial charge < -0.3 is 0 Å². The molecule has 1 fully saturated rings. The molecular weight excluding hydrogens is 378 g/mol. The molecule has 1 heterocycles. The van der Waals surface area contributed by atoms with Gasteiger partial charge in [0, 0.05) is 23.5 Å². The molecule has 27 heavy (non-hydrogen) atoms. The molecule has 0 saturated carbocycles. The van der Waals surface area contributed by atoms with E-state index >= 15 is 0 Å². The maximum absolute atomic E-state index is 13.3. The number of nitrogens with zero attached hydrogens (tertiary/aromatic N) is 1. The molecule has 1 aliphatic rings. The number of benzene rings is 3. The van der Waals surface area contributed by atoms with Crippen molar-refractivity contribution in [3.8, 4) is 0 Å². The molecule has 0 amide bonds. The molecule has 140 valence electrons. The van der Waals surface area contributed by atoms with Crippen LogP contribution in [0.25, 0.3) is 10.8 Å². The van der Waals surface area contributed by atoms with Gasteiger partial charge in [0.1, 0.15) is 0 Å². The lowest BCUT2D eigenvalue weighted by molar-refractivity contribution is 0.273. The van der Waals surface area contributed by atoms with E-state index in [-0.39, 0.29) is 0 Å². The smallest absolute Gasteiger partial charge is 0.207 e. The van der Waals surface area contributed by atoms with E-state index in [2.05, 4.69) is 24.3 Å². The normalized spacial score (nSPS) is 16.6. The summed E-state index contributed by atoms with van der Waals surface area (Å²) < 4.78 is 28.2. The zero-order valence-electron chi connectivity index (χ0n) is 15.0. The van der Waals surface area contributed by atoms with Crippen LogP contribution in [0.15, 0.2) is 71.6 Å². The molecule has 0 aromatic heterocycles. The Morgan fingerprint density at radius 1 is 0.889 bits per heavy atom. The van der Waals surface area contributed by atoms with Crippen LogP contribution in [0.4, 0.5) is 0 Å². The van der Waals surface area contributed by atoms with Crippen LogP contribution in [0.5, 0.6) is 0 Å². The predicted octanol–water partition coefficient (Wildman–Crippen LogP) is 5.14. The third kappa shape index (κ3) is 3.75.